The summed E-state index contributed by atoms with van der Waals surface area (Å²) in [6.45, 7) is 1.90. The minimum absolute atomic E-state index is 0.379. The number of nitrogens with zero attached hydrogens (tertiary/aromatic N) is 3. The summed E-state index contributed by atoms with van der Waals surface area (Å²) in [7, 11) is 3.69. The second-order valence-corrected chi connectivity index (χ2v) is 5.12. The third kappa shape index (κ3) is 4.06. The summed E-state index contributed by atoms with van der Waals surface area (Å²) in [4.78, 5) is 21.9. The number of aromatic nitrogens is 2. The highest BCUT2D eigenvalue weighted by Gasteiger charge is 2.05. The maximum Gasteiger partial charge on any atom is 0.323 e. The minimum atomic E-state index is -0.379. The van der Waals surface area contributed by atoms with Crippen molar-refractivity contribution in [1.82, 2.24) is 9.97 Å². The van der Waals surface area contributed by atoms with Crippen molar-refractivity contribution in [2.45, 2.75) is 6.92 Å². The molecular formula is C14H16ClN5O. The Balaban J connectivity index is 1.99. The van der Waals surface area contributed by atoms with Gasteiger partial charge in [-0.05, 0) is 24.6 Å². The zero-order valence-corrected chi connectivity index (χ0v) is 12.8. The molecule has 1 aromatic carbocycles. The summed E-state index contributed by atoms with van der Waals surface area (Å²) in [6.07, 6.45) is 3.09. The Labute approximate surface area is 128 Å². The quantitative estimate of drug-likeness (QED) is 0.914. The average molecular weight is 306 g/mol. The van der Waals surface area contributed by atoms with Crippen LogP contribution in [0.3, 0.4) is 0 Å². The lowest BCUT2D eigenvalue weighted by Crippen LogP contribution is -2.20. The van der Waals surface area contributed by atoms with Crippen molar-refractivity contribution in [2.75, 3.05) is 29.6 Å². The number of carbonyl (C=O) groups is 1. The Morgan fingerprint density at radius 1 is 1.14 bits per heavy atom. The highest BCUT2D eigenvalue weighted by molar-refractivity contribution is 6.31. The Bertz CT molecular complexity index is 642. The molecule has 0 atom stereocenters. The first-order chi connectivity index (χ1) is 9.95. The summed E-state index contributed by atoms with van der Waals surface area (Å²) in [5, 5.41) is 5.95. The van der Waals surface area contributed by atoms with Crippen LogP contribution in [0.25, 0.3) is 0 Å². The van der Waals surface area contributed by atoms with Gasteiger partial charge < -0.3 is 15.5 Å². The molecule has 0 aliphatic rings. The first kappa shape index (κ1) is 15.1. The molecule has 1 heterocycles. The van der Waals surface area contributed by atoms with Crippen LogP contribution >= 0.6 is 11.6 Å². The monoisotopic (exact) mass is 305 g/mol. The lowest BCUT2D eigenvalue weighted by molar-refractivity contribution is 0.262. The standard InChI is InChI=1S/C14H16ClN5O/c1-9-4-5-10(6-12(9)15)18-14(21)19-11-7-16-13(17-8-11)20(2)3/h4-8H,1-3H3,(H2,18,19,21). The van der Waals surface area contributed by atoms with Crippen molar-refractivity contribution in [1.29, 1.82) is 0 Å². The molecule has 110 valence electrons. The van der Waals surface area contributed by atoms with Gasteiger partial charge in [0.05, 0.1) is 18.1 Å². The molecule has 0 aliphatic carbocycles. The first-order valence-corrected chi connectivity index (χ1v) is 6.67. The highest BCUT2D eigenvalue weighted by Crippen LogP contribution is 2.20. The van der Waals surface area contributed by atoms with Crippen LogP contribution in [0, 0.1) is 6.92 Å². The van der Waals surface area contributed by atoms with E-state index in [1.807, 2.05) is 27.1 Å². The molecule has 1 aromatic heterocycles. The zero-order chi connectivity index (χ0) is 15.4. The molecule has 0 saturated carbocycles. The van der Waals surface area contributed by atoms with E-state index in [0.717, 1.165) is 5.56 Å². The van der Waals surface area contributed by atoms with E-state index >= 15 is 0 Å². The molecule has 6 nitrogen and oxygen atoms in total. The number of rotatable bonds is 3. The minimum Gasteiger partial charge on any atom is -0.347 e. The van der Waals surface area contributed by atoms with Crippen LogP contribution < -0.4 is 15.5 Å². The number of nitrogens with one attached hydrogen (secondary N) is 2. The normalized spacial score (nSPS) is 10.1. The van der Waals surface area contributed by atoms with Crippen LogP contribution in [-0.2, 0) is 0 Å². The van der Waals surface area contributed by atoms with Gasteiger partial charge in [-0.3, -0.25) is 0 Å². The summed E-state index contributed by atoms with van der Waals surface area (Å²) in [5.74, 6) is 0.575. The third-order valence-corrected chi connectivity index (χ3v) is 3.13. The van der Waals surface area contributed by atoms with Crippen LogP contribution in [0.2, 0.25) is 5.02 Å². The Hall–Kier alpha value is -2.34. The van der Waals surface area contributed by atoms with Gasteiger partial charge in [0.2, 0.25) is 5.95 Å². The number of benzene rings is 1. The zero-order valence-electron chi connectivity index (χ0n) is 12.0. The molecule has 0 bridgehead atoms. The van der Waals surface area contributed by atoms with Crippen molar-refractivity contribution in [3.63, 3.8) is 0 Å². The second kappa shape index (κ2) is 6.41. The van der Waals surface area contributed by atoms with Gasteiger partial charge in [0, 0.05) is 24.8 Å². The number of hydrogen-bond acceptors (Lipinski definition) is 4. The van der Waals surface area contributed by atoms with Crippen molar-refractivity contribution in [3.8, 4) is 0 Å². The predicted octanol–water partition coefficient (Wildman–Crippen LogP) is 3.15. The Morgan fingerprint density at radius 3 is 2.33 bits per heavy atom. The molecular weight excluding hydrogens is 290 g/mol. The maximum absolute atomic E-state index is 11.9. The van der Waals surface area contributed by atoms with Gasteiger partial charge >= 0.3 is 6.03 Å². The van der Waals surface area contributed by atoms with Crippen LogP contribution in [0.15, 0.2) is 30.6 Å². The lowest BCUT2D eigenvalue weighted by atomic mass is 10.2. The third-order valence-electron chi connectivity index (χ3n) is 2.73. The van der Waals surface area contributed by atoms with Crippen molar-refractivity contribution >= 4 is 35.0 Å². The molecule has 0 spiro atoms. The maximum atomic E-state index is 11.9. The fourth-order valence-electron chi connectivity index (χ4n) is 1.58. The molecule has 21 heavy (non-hydrogen) atoms. The van der Waals surface area contributed by atoms with Gasteiger partial charge in [0.15, 0.2) is 0 Å². The number of hydrogen-bond donors (Lipinski definition) is 2. The van der Waals surface area contributed by atoms with Gasteiger partial charge in [0.1, 0.15) is 0 Å². The topological polar surface area (TPSA) is 70.2 Å². The second-order valence-electron chi connectivity index (χ2n) is 4.71. The van der Waals surface area contributed by atoms with E-state index < -0.39 is 0 Å². The van der Waals surface area contributed by atoms with E-state index in [1.165, 1.54) is 0 Å². The molecule has 2 amide bonds. The molecule has 0 fully saturated rings. The van der Waals surface area contributed by atoms with Crippen LogP contribution in [0.1, 0.15) is 5.56 Å². The van der Waals surface area contributed by atoms with Gasteiger partial charge in [0.25, 0.3) is 0 Å². The largest absolute Gasteiger partial charge is 0.347 e. The van der Waals surface area contributed by atoms with E-state index in [1.54, 1.807) is 29.4 Å². The van der Waals surface area contributed by atoms with E-state index in [4.69, 9.17) is 11.6 Å². The Morgan fingerprint density at radius 2 is 1.76 bits per heavy atom. The van der Waals surface area contributed by atoms with Crippen molar-refractivity contribution in [2.24, 2.45) is 0 Å². The van der Waals surface area contributed by atoms with Gasteiger partial charge in [-0.25, -0.2) is 14.8 Å². The van der Waals surface area contributed by atoms with Crippen molar-refractivity contribution < 1.29 is 4.79 Å². The van der Waals surface area contributed by atoms with Crippen LogP contribution in [0.5, 0.6) is 0 Å². The summed E-state index contributed by atoms with van der Waals surface area (Å²) in [6, 6.07) is 4.94. The van der Waals surface area contributed by atoms with E-state index in [0.29, 0.717) is 22.3 Å². The molecule has 2 aromatic rings. The number of halogens is 1. The summed E-state index contributed by atoms with van der Waals surface area (Å²) >= 11 is 6.01. The molecule has 0 radical (unpaired) electrons. The predicted molar refractivity (Wildman–Crippen MR) is 85.2 cm³/mol. The number of carbonyl (C=O) groups excluding carboxylic acids is 1. The number of amides is 2. The number of aryl methyl sites for hydroxylation is 1. The van der Waals surface area contributed by atoms with E-state index in [2.05, 4.69) is 20.6 Å². The molecule has 0 saturated heterocycles. The fraction of sp³-hybridized carbons (Fsp3) is 0.214. The fourth-order valence-corrected chi connectivity index (χ4v) is 1.76. The smallest absolute Gasteiger partial charge is 0.323 e. The molecule has 7 heteroatoms. The first-order valence-electron chi connectivity index (χ1n) is 6.29. The van der Waals surface area contributed by atoms with E-state index in [9.17, 15) is 4.79 Å². The average Bonchev–Trinajstić information content (AvgIpc) is 2.43. The summed E-state index contributed by atoms with van der Waals surface area (Å²) in [5.41, 5.74) is 2.08. The molecule has 0 unspecified atom stereocenters. The van der Waals surface area contributed by atoms with Crippen LogP contribution in [-0.4, -0.2) is 30.1 Å². The molecule has 2 rings (SSSR count). The lowest BCUT2D eigenvalue weighted by Gasteiger charge is -2.11. The number of urea groups is 1. The molecule has 0 aliphatic heterocycles. The highest BCUT2D eigenvalue weighted by atomic mass is 35.5. The number of anilines is 3. The van der Waals surface area contributed by atoms with E-state index in [-0.39, 0.29) is 6.03 Å². The van der Waals surface area contributed by atoms with Gasteiger partial charge in [-0.15, -0.1) is 0 Å². The molecule has 2 N–H and O–H groups in total. The van der Waals surface area contributed by atoms with Crippen molar-refractivity contribution in [3.05, 3.63) is 41.2 Å². The van der Waals surface area contributed by atoms with Gasteiger partial charge in [-0.1, -0.05) is 17.7 Å². The van der Waals surface area contributed by atoms with Crippen LogP contribution in [0.4, 0.5) is 22.1 Å². The SMILES string of the molecule is Cc1ccc(NC(=O)Nc2cnc(N(C)C)nc2)cc1Cl. The summed E-state index contributed by atoms with van der Waals surface area (Å²) < 4.78 is 0. The van der Waals surface area contributed by atoms with Gasteiger partial charge in [-0.2, -0.15) is 0 Å². The Kier molecular flexibility index (Phi) is 4.59.